The molecule has 2 aromatic heterocycles. The fourth-order valence-corrected chi connectivity index (χ4v) is 3.78. The lowest BCUT2D eigenvalue weighted by Crippen LogP contribution is -2.18. The van der Waals surface area contributed by atoms with Crippen LogP contribution >= 0.6 is 22.9 Å². The van der Waals surface area contributed by atoms with Gasteiger partial charge in [-0.1, -0.05) is 23.7 Å². The van der Waals surface area contributed by atoms with Crippen molar-refractivity contribution < 1.29 is 0 Å². The lowest BCUT2D eigenvalue weighted by Gasteiger charge is -2.16. The van der Waals surface area contributed by atoms with E-state index in [0.29, 0.717) is 0 Å². The van der Waals surface area contributed by atoms with E-state index in [2.05, 4.69) is 21.3 Å². The maximum atomic E-state index is 5.95. The molecule has 1 aliphatic heterocycles. The molecule has 0 atom stereocenters. The summed E-state index contributed by atoms with van der Waals surface area (Å²) in [6, 6.07) is 12.0. The van der Waals surface area contributed by atoms with Gasteiger partial charge in [0.1, 0.15) is 10.8 Å². The number of halogens is 1. The molecule has 3 aromatic rings. The Hall–Kier alpha value is -1.91. The Morgan fingerprint density at radius 1 is 1.00 bits per heavy atom. The van der Waals surface area contributed by atoms with Crippen molar-refractivity contribution in [3.63, 3.8) is 0 Å². The van der Waals surface area contributed by atoms with Gasteiger partial charge in [0, 0.05) is 40.8 Å². The molecule has 1 aliphatic rings. The number of nitrogens with zero attached hydrogens (tertiary/aromatic N) is 3. The first-order chi connectivity index (χ1) is 11.3. The van der Waals surface area contributed by atoms with Gasteiger partial charge >= 0.3 is 0 Å². The van der Waals surface area contributed by atoms with Gasteiger partial charge in [-0.15, -0.1) is 11.3 Å². The zero-order valence-corrected chi connectivity index (χ0v) is 14.1. The molecule has 0 saturated carbocycles. The number of rotatable bonds is 3. The standard InChI is InChI=1S/C18H16ClN3S/c19-15-5-3-13(4-6-15)16-12-23-18(21-16)14-7-8-20-17(11-14)22-9-1-2-10-22/h3-8,11-12H,1-2,9-10H2. The number of benzene rings is 1. The third-order valence-electron chi connectivity index (χ3n) is 4.07. The van der Waals surface area contributed by atoms with Crippen LogP contribution in [-0.4, -0.2) is 23.1 Å². The molecule has 0 amide bonds. The molecule has 0 aliphatic carbocycles. The summed E-state index contributed by atoms with van der Waals surface area (Å²) in [5.41, 5.74) is 3.21. The molecule has 0 spiro atoms. The summed E-state index contributed by atoms with van der Waals surface area (Å²) in [4.78, 5) is 11.6. The van der Waals surface area contributed by atoms with Gasteiger partial charge in [0.15, 0.2) is 0 Å². The highest BCUT2D eigenvalue weighted by Gasteiger charge is 2.15. The van der Waals surface area contributed by atoms with Crippen molar-refractivity contribution in [2.45, 2.75) is 12.8 Å². The highest BCUT2D eigenvalue weighted by molar-refractivity contribution is 7.13. The fraction of sp³-hybridized carbons (Fsp3) is 0.222. The summed E-state index contributed by atoms with van der Waals surface area (Å²) in [6.45, 7) is 2.20. The number of pyridine rings is 1. The second-order valence-electron chi connectivity index (χ2n) is 5.64. The minimum Gasteiger partial charge on any atom is -0.357 e. The largest absolute Gasteiger partial charge is 0.357 e. The minimum atomic E-state index is 0.744. The average Bonchev–Trinajstić information content (AvgIpc) is 3.28. The lowest BCUT2D eigenvalue weighted by atomic mass is 10.2. The predicted octanol–water partition coefficient (Wildman–Crippen LogP) is 5.13. The van der Waals surface area contributed by atoms with Crippen LogP contribution in [0.4, 0.5) is 5.82 Å². The molecule has 0 unspecified atom stereocenters. The van der Waals surface area contributed by atoms with Crippen LogP contribution in [0.1, 0.15) is 12.8 Å². The summed E-state index contributed by atoms with van der Waals surface area (Å²) in [5.74, 6) is 1.06. The molecule has 116 valence electrons. The van der Waals surface area contributed by atoms with E-state index in [9.17, 15) is 0 Å². The van der Waals surface area contributed by atoms with Crippen LogP contribution in [0.5, 0.6) is 0 Å². The summed E-state index contributed by atoms with van der Waals surface area (Å²) < 4.78 is 0. The Labute approximate surface area is 144 Å². The van der Waals surface area contributed by atoms with E-state index in [0.717, 1.165) is 45.8 Å². The fourth-order valence-electron chi connectivity index (χ4n) is 2.83. The molecule has 3 heterocycles. The van der Waals surface area contributed by atoms with E-state index < -0.39 is 0 Å². The summed E-state index contributed by atoms with van der Waals surface area (Å²) >= 11 is 7.61. The number of thiazole rings is 1. The maximum absolute atomic E-state index is 5.95. The smallest absolute Gasteiger partial charge is 0.129 e. The molecule has 1 saturated heterocycles. The van der Waals surface area contributed by atoms with Crippen molar-refractivity contribution in [3.05, 3.63) is 53.0 Å². The first kappa shape index (κ1) is 14.7. The van der Waals surface area contributed by atoms with Gasteiger partial charge in [-0.2, -0.15) is 0 Å². The van der Waals surface area contributed by atoms with E-state index >= 15 is 0 Å². The second-order valence-corrected chi connectivity index (χ2v) is 6.94. The Balaban J connectivity index is 1.63. The Morgan fingerprint density at radius 3 is 2.57 bits per heavy atom. The highest BCUT2D eigenvalue weighted by atomic mass is 35.5. The Kier molecular flexibility index (Phi) is 4.02. The first-order valence-corrected chi connectivity index (χ1v) is 8.98. The van der Waals surface area contributed by atoms with Gasteiger partial charge in [-0.05, 0) is 37.1 Å². The SMILES string of the molecule is Clc1ccc(-c2csc(-c3ccnc(N4CCCC4)c3)n2)cc1. The molecule has 4 rings (SSSR count). The van der Waals surface area contributed by atoms with Gasteiger partial charge < -0.3 is 4.90 Å². The number of hydrogen-bond acceptors (Lipinski definition) is 4. The summed E-state index contributed by atoms with van der Waals surface area (Å²) in [5, 5.41) is 3.86. The van der Waals surface area contributed by atoms with Gasteiger partial charge in [0.05, 0.1) is 5.69 Å². The Morgan fingerprint density at radius 2 is 1.78 bits per heavy atom. The van der Waals surface area contributed by atoms with Crippen molar-refractivity contribution in [1.29, 1.82) is 0 Å². The van der Waals surface area contributed by atoms with E-state index in [-0.39, 0.29) is 0 Å². The van der Waals surface area contributed by atoms with Crippen molar-refractivity contribution in [3.8, 4) is 21.8 Å². The second kappa shape index (κ2) is 6.30. The molecule has 0 N–H and O–H groups in total. The Bertz CT molecular complexity index is 807. The normalized spacial score (nSPS) is 14.4. The van der Waals surface area contributed by atoms with Crippen LogP contribution < -0.4 is 4.90 Å². The lowest BCUT2D eigenvalue weighted by molar-refractivity contribution is 0.938. The maximum Gasteiger partial charge on any atom is 0.129 e. The molecule has 0 radical (unpaired) electrons. The summed E-state index contributed by atoms with van der Waals surface area (Å²) in [7, 11) is 0. The predicted molar refractivity (Wildman–Crippen MR) is 97.2 cm³/mol. The van der Waals surface area contributed by atoms with Crippen LogP contribution in [0.25, 0.3) is 21.8 Å². The topological polar surface area (TPSA) is 29.0 Å². The van der Waals surface area contributed by atoms with Crippen LogP contribution in [0, 0.1) is 0 Å². The number of anilines is 1. The van der Waals surface area contributed by atoms with Crippen LogP contribution in [0.3, 0.4) is 0 Å². The molecule has 0 bridgehead atoms. The third-order valence-corrected chi connectivity index (χ3v) is 5.21. The van der Waals surface area contributed by atoms with Crippen molar-refractivity contribution in [2.75, 3.05) is 18.0 Å². The zero-order chi connectivity index (χ0) is 15.6. The van der Waals surface area contributed by atoms with E-state index in [1.807, 2.05) is 36.5 Å². The molecular weight excluding hydrogens is 326 g/mol. The highest BCUT2D eigenvalue weighted by Crippen LogP contribution is 2.31. The quantitative estimate of drug-likeness (QED) is 0.661. The van der Waals surface area contributed by atoms with E-state index in [4.69, 9.17) is 16.6 Å². The minimum absolute atomic E-state index is 0.744. The molecular formula is C18H16ClN3S. The van der Waals surface area contributed by atoms with Crippen LogP contribution in [-0.2, 0) is 0 Å². The first-order valence-electron chi connectivity index (χ1n) is 7.72. The molecule has 23 heavy (non-hydrogen) atoms. The monoisotopic (exact) mass is 341 g/mol. The third kappa shape index (κ3) is 3.09. The molecule has 5 heteroatoms. The van der Waals surface area contributed by atoms with Crippen LogP contribution in [0.15, 0.2) is 48.0 Å². The average molecular weight is 342 g/mol. The van der Waals surface area contributed by atoms with Gasteiger partial charge in [-0.3, -0.25) is 0 Å². The molecule has 1 aromatic carbocycles. The van der Waals surface area contributed by atoms with Gasteiger partial charge in [0.25, 0.3) is 0 Å². The van der Waals surface area contributed by atoms with Crippen molar-refractivity contribution in [1.82, 2.24) is 9.97 Å². The van der Waals surface area contributed by atoms with Crippen LogP contribution in [0.2, 0.25) is 5.02 Å². The van der Waals surface area contributed by atoms with E-state index in [1.165, 1.54) is 12.8 Å². The van der Waals surface area contributed by atoms with Crippen molar-refractivity contribution in [2.24, 2.45) is 0 Å². The van der Waals surface area contributed by atoms with Gasteiger partial charge in [-0.25, -0.2) is 9.97 Å². The zero-order valence-electron chi connectivity index (χ0n) is 12.6. The number of hydrogen-bond donors (Lipinski definition) is 0. The summed E-state index contributed by atoms with van der Waals surface area (Å²) in [6.07, 6.45) is 4.39. The van der Waals surface area contributed by atoms with Crippen molar-refractivity contribution >= 4 is 28.8 Å². The van der Waals surface area contributed by atoms with E-state index in [1.54, 1.807) is 11.3 Å². The van der Waals surface area contributed by atoms with Gasteiger partial charge in [0.2, 0.25) is 0 Å². The molecule has 1 fully saturated rings. The molecule has 3 nitrogen and oxygen atoms in total. The number of aromatic nitrogens is 2.